The quantitative estimate of drug-likeness (QED) is 0.330. The van der Waals surface area contributed by atoms with Crippen molar-refractivity contribution in [3.63, 3.8) is 0 Å². The average molecular weight is 556 g/mol. The zero-order chi connectivity index (χ0) is 22.4. The number of hydrogen-bond donors (Lipinski definition) is 1. The zero-order valence-corrected chi connectivity index (χ0v) is 20.4. The van der Waals surface area contributed by atoms with Crippen LogP contribution in [-0.4, -0.2) is 51.4 Å². The van der Waals surface area contributed by atoms with E-state index >= 15 is 0 Å². The molecule has 31 heavy (non-hydrogen) atoms. The molecule has 2 saturated carbocycles. The molecule has 166 valence electrons. The highest BCUT2D eigenvalue weighted by Crippen LogP contribution is 2.60. The van der Waals surface area contributed by atoms with Gasteiger partial charge in [-0.15, -0.1) is 0 Å². The molecule has 3 fully saturated rings. The van der Waals surface area contributed by atoms with Crippen molar-refractivity contribution in [2.75, 3.05) is 18.5 Å². The molecular formula is C22H24Br2N2O5. The molecule has 0 aromatic heterocycles. The first-order chi connectivity index (χ1) is 14.7. The Morgan fingerprint density at radius 1 is 1.06 bits per heavy atom. The van der Waals surface area contributed by atoms with Gasteiger partial charge in [0.05, 0.1) is 24.0 Å². The van der Waals surface area contributed by atoms with Crippen molar-refractivity contribution in [2.24, 2.45) is 29.6 Å². The second-order valence-electron chi connectivity index (χ2n) is 8.88. The maximum absolute atomic E-state index is 12.9. The van der Waals surface area contributed by atoms with Crippen LogP contribution in [0.4, 0.5) is 5.69 Å². The highest BCUT2D eigenvalue weighted by Gasteiger charge is 2.66. The summed E-state index contributed by atoms with van der Waals surface area (Å²) in [5.74, 6) is -1.55. The van der Waals surface area contributed by atoms with Crippen LogP contribution in [0.1, 0.15) is 30.6 Å². The molecule has 0 radical (unpaired) electrons. The van der Waals surface area contributed by atoms with E-state index in [0.29, 0.717) is 17.9 Å². The molecule has 6 atom stereocenters. The zero-order valence-electron chi connectivity index (χ0n) is 17.2. The number of amides is 3. The molecule has 2 aliphatic carbocycles. The Balaban J connectivity index is 1.36. The topological polar surface area (TPSA) is 92.8 Å². The monoisotopic (exact) mass is 554 g/mol. The fourth-order valence-corrected chi connectivity index (χ4v) is 6.80. The summed E-state index contributed by atoms with van der Waals surface area (Å²) in [5.41, 5.74) is 0.867. The molecule has 7 nitrogen and oxygen atoms in total. The van der Waals surface area contributed by atoms with Gasteiger partial charge in [-0.05, 0) is 48.4 Å². The summed E-state index contributed by atoms with van der Waals surface area (Å²) in [6.45, 7) is 3.94. The third-order valence-electron chi connectivity index (χ3n) is 6.33. The van der Waals surface area contributed by atoms with Crippen LogP contribution in [0, 0.1) is 29.6 Å². The lowest BCUT2D eigenvalue weighted by Crippen LogP contribution is -2.39. The Kier molecular flexibility index (Phi) is 6.27. The van der Waals surface area contributed by atoms with E-state index in [2.05, 4.69) is 37.2 Å². The van der Waals surface area contributed by atoms with Crippen LogP contribution in [0.5, 0.6) is 0 Å². The largest absolute Gasteiger partial charge is 0.462 e. The molecule has 0 spiro atoms. The van der Waals surface area contributed by atoms with Crippen molar-refractivity contribution in [1.82, 2.24) is 4.90 Å². The lowest BCUT2D eigenvalue weighted by Gasteiger charge is -2.28. The van der Waals surface area contributed by atoms with Crippen molar-refractivity contribution in [2.45, 2.75) is 29.9 Å². The Labute approximate surface area is 197 Å². The molecule has 1 aromatic carbocycles. The third kappa shape index (κ3) is 4.06. The number of likely N-dealkylation sites (tertiary alicyclic amines) is 1. The smallest absolute Gasteiger partial charge is 0.338 e. The van der Waals surface area contributed by atoms with Crippen molar-refractivity contribution in [3.8, 4) is 0 Å². The molecule has 1 N–H and O–H groups in total. The fourth-order valence-electron chi connectivity index (χ4n) is 4.93. The Bertz CT molecular complexity index is 887. The predicted molar refractivity (Wildman–Crippen MR) is 121 cm³/mol. The van der Waals surface area contributed by atoms with E-state index in [0.717, 1.165) is 11.3 Å². The average Bonchev–Trinajstić information content (AvgIpc) is 3.33. The van der Waals surface area contributed by atoms with Crippen LogP contribution in [0.15, 0.2) is 24.3 Å². The normalized spacial score (nSPS) is 31.3. The van der Waals surface area contributed by atoms with Crippen LogP contribution in [0.25, 0.3) is 0 Å². The number of halogens is 2. The minimum absolute atomic E-state index is 0.117. The first-order valence-electron chi connectivity index (χ1n) is 10.4. The summed E-state index contributed by atoms with van der Waals surface area (Å²) >= 11 is 7.30. The van der Waals surface area contributed by atoms with E-state index in [1.165, 1.54) is 0 Å². The van der Waals surface area contributed by atoms with Crippen LogP contribution in [-0.2, 0) is 19.1 Å². The maximum Gasteiger partial charge on any atom is 0.338 e. The predicted octanol–water partition coefficient (Wildman–Crippen LogP) is 3.22. The minimum atomic E-state index is -0.449. The standard InChI is InChI=1S/C22H24Br2N2O5/c1-10(2)9-31-22(30)11-3-5-12(6-4-11)25-15(27)8-26-20(28)16-13-7-14(17(16)21(26)29)19(24)18(13)23/h3-6,10,13-14,16-19H,7-9H2,1-2H3,(H,25,27)/t13-,14+,16-,17+,18-,19+. The highest BCUT2D eigenvalue weighted by molar-refractivity contribution is 9.12. The molecule has 0 unspecified atom stereocenters. The number of alkyl halides is 2. The second-order valence-corrected chi connectivity index (χ2v) is 11.0. The third-order valence-corrected chi connectivity index (χ3v) is 9.54. The number of carbonyl (C=O) groups is 4. The molecule has 3 amide bonds. The van der Waals surface area contributed by atoms with Crippen molar-refractivity contribution >= 4 is 61.2 Å². The molecular weight excluding hydrogens is 532 g/mol. The van der Waals surface area contributed by atoms with E-state index in [4.69, 9.17) is 4.74 Å². The van der Waals surface area contributed by atoms with E-state index in [1.807, 2.05) is 13.8 Å². The van der Waals surface area contributed by atoms with Gasteiger partial charge in [0.15, 0.2) is 0 Å². The van der Waals surface area contributed by atoms with Gasteiger partial charge in [-0.1, -0.05) is 45.7 Å². The number of nitrogens with one attached hydrogen (secondary N) is 1. The van der Waals surface area contributed by atoms with E-state index in [9.17, 15) is 19.2 Å². The van der Waals surface area contributed by atoms with Gasteiger partial charge in [0, 0.05) is 15.3 Å². The molecule has 1 aromatic rings. The number of anilines is 1. The number of nitrogens with zero attached hydrogens (tertiary/aromatic N) is 1. The summed E-state index contributed by atoms with van der Waals surface area (Å²) in [4.78, 5) is 51.7. The van der Waals surface area contributed by atoms with E-state index in [1.54, 1.807) is 24.3 Å². The summed E-state index contributed by atoms with van der Waals surface area (Å²) in [5, 5.41) is 2.69. The molecule has 4 rings (SSSR count). The Morgan fingerprint density at radius 3 is 2.13 bits per heavy atom. The second kappa shape index (κ2) is 8.65. The summed E-state index contributed by atoms with van der Waals surface area (Å²) in [6, 6.07) is 6.33. The molecule has 9 heteroatoms. The number of carbonyl (C=O) groups excluding carboxylic acids is 4. The molecule has 1 aliphatic heterocycles. The van der Waals surface area contributed by atoms with Crippen LogP contribution >= 0.6 is 31.9 Å². The Morgan fingerprint density at radius 2 is 1.61 bits per heavy atom. The van der Waals surface area contributed by atoms with Gasteiger partial charge in [-0.25, -0.2) is 4.79 Å². The van der Waals surface area contributed by atoms with Crippen molar-refractivity contribution in [1.29, 1.82) is 0 Å². The number of ether oxygens (including phenoxy) is 1. The number of imide groups is 1. The Hall–Kier alpha value is -1.74. The number of esters is 1. The number of hydrogen-bond acceptors (Lipinski definition) is 5. The molecule has 3 aliphatic rings. The molecule has 1 heterocycles. The maximum atomic E-state index is 12.9. The van der Waals surface area contributed by atoms with Gasteiger partial charge in [-0.2, -0.15) is 0 Å². The van der Waals surface area contributed by atoms with Gasteiger partial charge >= 0.3 is 5.97 Å². The van der Waals surface area contributed by atoms with Crippen molar-refractivity contribution in [3.05, 3.63) is 29.8 Å². The SMILES string of the molecule is CC(C)COC(=O)c1ccc(NC(=O)CN2C(=O)[C@@H]3[C@H]4C[C@H]([C@H](Br)[C@@H]4Br)[C@@H]3C2=O)cc1. The fraction of sp³-hybridized carbons (Fsp3) is 0.545. The van der Waals surface area contributed by atoms with E-state index in [-0.39, 0.29) is 57.6 Å². The lowest BCUT2D eigenvalue weighted by molar-refractivity contribution is -0.143. The summed E-state index contributed by atoms with van der Waals surface area (Å²) in [7, 11) is 0. The molecule has 2 bridgehead atoms. The molecule has 1 saturated heterocycles. The van der Waals surface area contributed by atoms with Crippen molar-refractivity contribution < 1.29 is 23.9 Å². The number of rotatable bonds is 6. The van der Waals surface area contributed by atoms with Gasteiger partial charge in [0.1, 0.15) is 6.54 Å². The first kappa shape index (κ1) is 22.5. The van der Waals surface area contributed by atoms with Gasteiger partial charge in [0.2, 0.25) is 17.7 Å². The summed E-state index contributed by atoms with van der Waals surface area (Å²) < 4.78 is 5.18. The van der Waals surface area contributed by atoms with Crippen LogP contribution < -0.4 is 5.32 Å². The van der Waals surface area contributed by atoms with Gasteiger partial charge < -0.3 is 10.1 Å². The number of benzene rings is 1. The highest BCUT2D eigenvalue weighted by atomic mass is 79.9. The van der Waals surface area contributed by atoms with Gasteiger partial charge in [-0.3, -0.25) is 19.3 Å². The van der Waals surface area contributed by atoms with E-state index < -0.39 is 11.9 Å². The van der Waals surface area contributed by atoms with Crippen LogP contribution in [0.2, 0.25) is 0 Å². The van der Waals surface area contributed by atoms with Gasteiger partial charge in [0.25, 0.3) is 0 Å². The lowest BCUT2D eigenvalue weighted by atomic mass is 9.81. The minimum Gasteiger partial charge on any atom is -0.462 e. The first-order valence-corrected chi connectivity index (χ1v) is 12.2. The number of fused-ring (bicyclic) bond motifs is 5. The summed E-state index contributed by atoms with van der Waals surface area (Å²) in [6.07, 6.45) is 0.852. The van der Waals surface area contributed by atoms with Crippen LogP contribution in [0.3, 0.4) is 0 Å².